The first-order chi connectivity index (χ1) is 8.59. The fourth-order valence-electron chi connectivity index (χ4n) is 2.41. The predicted octanol–water partition coefficient (Wildman–Crippen LogP) is 5.60. The molecule has 2 rings (SSSR count). The van der Waals surface area contributed by atoms with Crippen LogP contribution in [0.25, 0.3) is 11.1 Å². The lowest BCUT2D eigenvalue weighted by atomic mass is 9.88. The van der Waals surface area contributed by atoms with Gasteiger partial charge in [0, 0.05) is 0 Å². The summed E-state index contributed by atoms with van der Waals surface area (Å²) >= 11 is 0. The van der Waals surface area contributed by atoms with Crippen molar-refractivity contribution in [3.63, 3.8) is 0 Å². The average Bonchev–Trinajstić information content (AvgIpc) is 2.39. The molecule has 0 saturated carbocycles. The summed E-state index contributed by atoms with van der Waals surface area (Å²) in [5.74, 6) is 1.17. The van der Waals surface area contributed by atoms with Crippen LogP contribution in [0.1, 0.15) is 50.7 Å². The zero-order valence-corrected chi connectivity index (χ0v) is 11.8. The molecule has 0 N–H and O–H groups in total. The van der Waals surface area contributed by atoms with Crippen molar-refractivity contribution in [1.29, 1.82) is 0 Å². The van der Waals surface area contributed by atoms with Crippen LogP contribution in [0.2, 0.25) is 0 Å². The average molecular weight is 238 g/mol. The van der Waals surface area contributed by atoms with Crippen molar-refractivity contribution in [3.05, 3.63) is 59.7 Å². The topological polar surface area (TPSA) is 0 Å². The Kier molecular flexibility index (Phi) is 3.86. The summed E-state index contributed by atoms with van der Waals surface area (Å²) in [5, 5.41) is 0. The highest BCUT2D eigenvalue weighted by Gasteiger charge is 2.11. The minimum Gasteiger partial charge on any atom is -0.0622 e. The van der Waals surface area contributed by atoms with Crippen LogP contribution < -0.4 is 0 Å². The van der Waals surface area contributed by atoms with Crippen LogP contribution in [-0.4, -0.2) is 0 Å². The number of benzene rings is 2. The van der Waals surface area contributed by atoms with Gasteiger partial charge in [-0.3, -0.25) is 0 Å². The standard InChI is InChI=1S/C18H22/c1-13(2)17-11-10-16(12-18(17)14(3)4)15-8-6-5-7-9-15/h5-14H,1-4H3. The maximum Gasteiger partial charge on any atom is -0.0181 e. The van der Waals surface area contributed by atoms with Crippen LogP contribution in [-0.2, 0) is 0 Å². The molecule has 0 unspecified atom stereocenters. The molecular weight excluding hydrogens is 216 g/mol. The van der Waals surface area contributed by atoms with Gasteiger partial charge in [-0.1, -0.05) is 76.2 Å². The lowest BCUT2D eigenvalue weighted by Gasteiger charge is -2.17. The second-order valence-corrected chi connectivity index (χ2v) is 5.52. The summed E-state index contributed by atoms with van der Waals surface area (Å²) in [4.78, 5) is 0. The fourth-order valence-corrected chi connectivity index (χ4v) is 2.41. The molecule has 0 bridgehead atoms. The van der Waals surface area contributed by atoms with E-state index in [1.807, 2.05) is 0 Å². The summed E-state index contributed by atoms with van der Waals surface area (Å²) in [7, 11) is 0. The molecule has 0 heterocycles. The van der Waals surface area contributed by atoms with Crippen LogP contribution in [0.5, 0.6) is 0 Å². The maximum absolute atomic E-state index is 2.36. The molecule has 0 fully saturated rings. The normalized spacial score (nSPS) is 11.2. The minimum atomic E-state index is 0.575. The van der Waals surface area contributed by atoms with Gasteiger partial charge >= 0.3 is 0 Å². The maximum atomic E-state index is 2.36. The Bertz CT molecular complexity index is 507. The highest BCUT2D eigenvalue weighted by atomic mass is 14.2. The molecule has 0 amide bonds. The zero-order chi connectivity index (χ0) is 13.1. The first-order valence-corrected chi connectivity index (χ1v) is 6.79. The van der Waals surface area contributed by atoms with E-state index < -0.39 is 0 Å². The van der Waals surface area contributed by atoms with Gasteiger partial charge in [-0.05, 0) is 34.1 Å². The summed E-state index contributed by atoms with van der Waals surface area (Å²) in [6.07, 6.45) is 0. The second kappa shape index (κ2) is 5.39. The van der Waals surface area contributed by atoms with Gasteiger partial charge in [-0.15, -0.1) is 0 Å². The first kappa shape index (κ1) is 12.9. The molecule has 0 aliphatic heterocycles. The Morgan fingerprint density at radius 1 is 0.611 bits per heavy atom. The van der Waals surface area contributed by atoms with E-state index in [1.54, 1.807) is 0 Å². The molecule has 18 heavy (non-hydrogen) atoms. The van der Waals surface area contributed by atoms with Crippen LogP contribution in [0.15, 0.2) is 48.5 Å². The smallest absolute Gasteiger partial charge is 0.0181 e. The van der Waals surface area contributed by atoms with E-state index in [1.165, 1.54) is 22.3 Å². The molecule has 94 valence electrons. The Hall–Kier alpha value is -1.56. The Labute approximate surface area is 111 Å². The SMILES string of the molecule is CC(C)c1ccc(-c2ccccc2)cc1C(C)C. The molecule has 0 atom stereocenters. The first-order valence-electron chi connectivity index (χ1n) is 6.79. The van der Waals surface area contributed by atoms with Gasteiger partial charge in [0.05, 0.1) is 0 Å². The monoisotopic (exact) mass is 238 g/mol. The number of hydrogen-bond acceptors (Lipinski definition) is 0. The lowest BCUT2D eigenvalue weighted by molar-refractivity contribution is 0.791. The molecular formula is C18H22. The predicted molar refractivity (Wildman–Crippen MR) is 80.1 cm³/mol. The Balaban J connectivity index is 2.50. The van der Waals surface area contributed by atoms with Gasteiger partial charge in [0.15, 0.2) is 0 Å². The highest BCUT2D eigenvalue weighted by molar-refractivity contribution is 5.65. The van der Waals surface area contributed by atoms with E-state index in [4.69, 9.17) is 0 Å². The Morgan fingerprint density at radius 3 is 1.78 bits per heavy atom. The zero-order valence-electron chi connectivity index (χ0n) is 11.8. The largest absolute Gasteiger partial charge is 0.0622 e. The quantitative estimate of drug-likeness (QED) is 0.653. The summed E-state index contributed by atoms with van der Waals surface area (Å²) in [6, 6.07) is 17.5. The minimum absolute atomic E-state index is 0.575. The molecule has 0 aliphatic carbocycles. The van der Waals surface area contributed by atoms with E-state index in [0.717, 1.165) is 0 Å². The molecule has 0 spiro atoms. The van der Waals surface area contributed by atoms with E-state index >= 15 is 0 Å². The molecule has 2 aromatic rings. The molecule has 0 radical (unpaired) electrons. The molecule has 0 heteroatoms. The summed E-state index contributed by atoms with van der Waals surface area (Å²) in [5.41, 5.74) is 5.58. The van der Waals surface area contributed by atoms with E-state index in [9.17, 15) is 0 Å². The highest BCUT2D eigenvalue weighted by Crippen LogP contribution is 2.30. The third-order valence-electron chi connectivity index (χ3n) is 3.44. The van der Waals surface area contributed by atoms with Crippen LogP contribution in [0.3, 0.4) is 0 Å². The number of hydrogen-bond donors (Lipinski definition) is 0. The van der Waals surface area contributed by atoms with Gasteiger partial charge in [0.25, 0.3) is 0 Å². The van der Waals surface area contributed by atoms with Crippen LogP contribution in [0.4, 0.5) is 0 Å². The molecule has 0 nitrogen and oxygen atoms in total. The molecule has 0 aromatic heterocycles. The van der Waals surface area contributed by atoms with Gasteiger partial charge < -0.3 is 0 Å². The van der Waals surface area contributed by atoms with Crippen molar-refractivity contribution in [2.75, 3.05) is 0 Å². The van der Waals surface area contributed by atoms with Crippen molar-refractivity contribution in [2.24, 2.45) is 0 Å². The van der Waals surface area contributed by atoms with Crippen LogP contribution in [0, 0.1) is 0 Å². The van der Waals surface area contributed by atoms with Crippen molar-refractivity contribution in [3.8, 4) is 11.1 Å². The second-order valence-electron chi connectivity index (χ2n) is 5.52. The van der Waals surface area contributed by atoms with Crippen molar-refractivity contribution < 1.29 is 0 Å². The fraction of sp³-hybridized carbons (Fsp3) is 0.333. The van der Waals surface area contributed by atoms with Gasteiger partial charge in [-0.2, -0.15) is 0 Å². The lowest BCUT2D eigenvalue weighted by Crippen LogP contribution is -1.98. The van der Waals surface area contributed by atoms with Gasteiger partial charge in [0.2, 0.25) is 0 Å². The third-order valence-corrected chi connectivity index (χ3v) is 3.44. The van der Waals surface area contributed by atoms with Gasteiger partial charge in [-0.25, -0.2) is 0 Å². The van der Waals surface area contributed by atoms with E-state index in [0.29, 0.717) is 11.8 Å². The summed E-state index contributed by atoms with van der Waals surface area (Å²) in [6.45, 7) is 9.08. The van der Waals surface area contributed by atoms with Crippen LogP contribution >= 0.6 is 0 Å². The van der Waals surface area contributed by atoms with E-state index in [-0.39, 0.29) is 0 Å². The summed E-state index contributed by atoms with van der Waals surface area (Å²) < 4.78 is 0. The molecule has 2 aromatic carbocycles. The molecule has 0 saturated heterocycles. The number of rotatable bonds is 3. The van der Waals surface area contributed by atoms with Crippen molar-refractivity contribution in [1.82, 2.24) is 0 Å². The van der Waals surface area contributed by atoms with Gasteiger partial charge in [0.1, 0.15) is 0 Å². The molecule has 0 aliphatic rings. The Morgan fingerprint density at radius 2 is 1.22 bits per heavy atom. The van der Waals surface area contributed by atoms with Crippen molar-refractivity contribution >= 4 is 0 Å². The van der Waals surface area contributed by atoms with E-state index in [2.05, 4.69) is 76.2 Å². The third kappa shape index (κ3) is 2.64. The van der Waals surface area contributed by atoms with Crippen molar-refractivity contribution in [2.45, 2.75) is 39.5 Å².